The Kier molecular flexibility index (Phi) is 7.21. The van der Waals surface area contributed by atoms with Gasteiger partial charge in [0.25, 0.3) is 5.56 Å². The highest BCUT2D eigenvalue weighted by Crippen LogP contribution is 2.25. The number of ether oxygens (including phenoxy) is 3. The smallest absolute Gasteiger partial charge is 0.343 e. The van der Waals surface area contributed by atoms with Crippen molar-refractivity contribution in [2.45, 2.75) is 32.7 Å². The summed E-state index contributed by atoms with van der Waals surface area (Å²) >= 11 is 0. The fraction of sp³-hybridized carbons (Fsp3) is 0.375. The Morgan fingerprint density at radius 2 is 1.97 bits per heavy atom. The molecule has 0 spiro atoms. The lowest BCUT2D eigenvalue weighted by Gasteiger charge is -2.17. The number of hydrogen-bond donors (Lipinski definition) is 0. The van der Waals surface area contributed by atoms with Crippen molar-refractivity contribution in [3.8, 4) is 5.75 Å². The first-order chi connectivity index (χ1) is 16.1. The van der Waals surface area contributed by atoms with Gasteiger partial charge in [0.2, 0.25) is 0 Å². The molecule has 0 amide bonds. The van der Waals surface area contributed by atoms with Crippen molar-refractivity contribution >= 4 is 5.97 Å². The van der Waals surface area contributed by atoms with Crippen molar-refractivity contribution in [1.82, 2.24) is 14.5 Å². The summed E-state index contributed by atoms with van der Waals surface area (Å²) in [5, 5.41) is 0. The van der Waals surface area contributed by atoms with Crippen LogP contribution in [0.2, 0.25) is 0 Å². The van der Waals surface area contributed by atoms with E-state index < -0.39 is 5.97 Å². The van der Waals surface area contributed by atoms with Gasteiger partial charge in [0, 0.05) is 62.9 Å². The van der Waals surface area contributed by atoms with E-state index in [0.717, 1.165) is 17.1 Å². The number of furan rings is 1. The van der Waals surface area contributed by atoms with Crippen LogP contribution in [0.15, 0.2) is 51.9 Å². The lowest BCUT2D eigenvalue weighted by atomic mass is 10.1. The van der Waals surface area contributed by atoms with Crippen LogP contribution in [-0.4, -0.2) is 47.7 Å². The second kappa shape index (κ2) is 10.5. The second-order valence-corrected chi connectivity index (χ2v) is 7.79. The molecule has 0 fully saturated rings. The van der Waals surface area contributed by atoms with Crippen LogP contribution < -0.4 is 10.3 Å². The van der Waals surface area contributed by atoms with E-state index in [9.17, 15) is 9.59 Å². The Morgan fingerprint density at radius 1 is 1.12 bits per heavy atom. The van der Waals surface area contributed by atoms with Crippen LogP contribution in [0.1, 0.15) is 33.1 Å². The number of pyridine rings is 2. The highest BCUT2D eigenvalue weighted by molar-refractivity contribution is 5.93. The molecule has 9 nitrogen and oxygen atoms in total. The highest BCUT2D eigenvalue weighted by atomic mass is 16.5. The van der Waals surface area contributed by atoms with E-state index >= 15 is 0 Å². The number of methoxy groups -OCH3 is 2. The molecule has 4 heterocycles. The van der Waals surface area contributed by atoms with Gasteiger partial charge in [0.15, 0.2) is 0 Å². The topological polar surface area (TPSA) is 96.0 Å². The molecule has 1 aliphatic heterocycles. The molecule has 0 bridgehead atoms. The fourth-order valence-electron chi connectivity index (χ4n) is 3.98. The third-order valence-electron chi connectivity index (χ3n) is 5.58. The number of hydrogen-bond acceptors (Lipinski definition) is 8. The van der Waals surface area contributed by atoms with Crippen molar-refractivity contribution < 1.29 is 23.4 Å². The number of nitrogens with zero attached hydrogens (tertiary/aromatic N) is 3. The summed E-state index contributed by atoms with van der Waals surface area (Å²) in [5.41, 5.74) is 1.54. The predicted octanol–water partition coefficient (Wildman–Crippen LogP) is 2.41. The number of aromatic nitrogens is 2. The third-order valence-corrected chi connectivity index (χ3v) is 5.58. The monoisotopic (exact) mass is 453 g/mol. The molecule has 0 aromatic carbocycles. The third kappa shape index (κ3) is 5.32. The Bertz CT molecular complexity index is 1150. The van der Waals surface area contributed by atoms with E-state index in [1.54, 1.807) is 30.1 Å². The molecule has 0 N–H and O–H groups in total. The molecule has 3 aromatic heterocycles. The largest absolute Gasteiger partial charge is 0.488 e. The number of rotatable bonds is 8. The zero-order valence-corrected chi connectivity index (χ0v) is 18.8. The summed E-state index contributed by atoms with van der Waals surface area (Å²) in [5.74, 6) is 1.30. The van der Waals surface area contributed by atoms with Gasteiger partial charge in [-0.05, 0) is 18.2 Å². The first-order valence-electron chi connectivity index (χ1n) is 10.7. The Hall–Kier alpha value is -3.43. The number of esters is 1. The Labute approximate surface area is 191 Å². The van der Waals surface area contributed by atoms with Crippen LogP contribution in [0.25, 0.3) is 0 Å². The molecule has 0 radical (unpaired) electrons. The van der Waals surface area contributed by atoms with Gasteiger partial charge in [-0.2, -0.15) is 0 Å². The fourth-order valence-corrected chi connectivity index (χ4v) is 3.98. The molecule has 9 heteroatoms. The lowest BCUT2D eigenvalue weighted by Crippen LogP contribution is -2.29. The maximum Gasteiger partial charge on any atom is 0.343 e. The van der Waals surface area contributed by atoms with E-state index in [1.165, 1.54) is 13.2 Å². The van der Waals surface area contributed by atoms with E-state index in [1.807, 2.05) is 18.2 Å². The Balaban J connectivity index is 1.56. The van der Waals surface area contributed by atoms with Gasteiger partial charge in [0.1, 0.15) is 36.0 Å². The molecule has 0 saturated heterocycles. The molecular formula is C24H27N3O6. The molecule has 0 atom stereocenters. The molecule has 3 aromatic rings. The van der Waals surface area contributed by atoms with Crippen LogP contribution in [0, 0.1) is 0 Å². The first kappa shape index (κ1) is 22.8. The van der Waals surface area contributed by atoms with E-state index in [0.29, 0.717) is 50.5 Å². The maximum atomic E-state index is 12.9. The van der Waals surface area contributed by atoms with Crippen molar-refractivity contribution in [3.63, 3.8) is 0 Å². The molecule has 174 valence electrons. The quantitative estimate of drug-likeness (QED) is 0.480. The molecule has 0 saturated carbocycles. The highest BCUT2D eigenvalue weighted by Gasteiger charge is 2.26. The average molecular weight is 453 g/mol. The first-order valence-corrected chi connectivity index (χ1v) is 10.7. The van der Waals surface area contributed by atoms with E-state index in [-0.39, 0.29) is 17.9 Å². The minimum Gasteiger partial charge on any atom is -0.488 e. The van der Waals surface area contributed by atoms with E-state index in [2.05, 4.69) is 9.88 Å². The van der Waals surface area contributed by atoms with Crippen LogP contribution in [-0.2, 0) is 42.2 Å². The zero-order valence-electron chi connectivity index (χ0n) is 18.8. The minimum atomic E-state index is -0.524. The van der Waals surface area contributed by atoms with Crippen LogP contribution in [0.5, 0.6) is 5.75 Å². The minimum absolute atomic E-state index is 0.190. The molecular weight excluding hydrogens is 426 g/mol. The van der Waals surface area contributed by atoms with E-state index in [4.69, 9.17) is 18.6 Å². The summed E-state index contributed by atoms with van der Waals surface area (Å²) in [7, 11) is 2.95. The summed E-state index contributed by atoms with van der Waals surface area (Å²) in [6.45, 7) is 2.96. The molecule has 1 aliphatic rings. The van der Waals surface area contributed by atoms with Gasteiger partial charge < -0.3 is 23.2 Å². The second-order valence-electron chi connectivity index (χ2n) is 7.79. The Morgan fingerprint density at radius 3 is 2.73 bits per heavy atom. The van der Waals surface area contributed by atoms with Gasteiger partial charge in [-0.25, -0.2) is 4.79 Å². The molecule has 0 unspecified atom stereocenters. The van der Waals surface area contributed by atoms with Gasteiger partial charge in [-0.3, -0.25) is 14.7 Å². The molecule has 0 aliphatic carbocycles. The van der Waals surface area contributed by atoms with Crippen molar-refractivity contribution in [2.75, 3.05) is 27.3 Å². The van der Waals surface area contributed by atoms with Gasteiger partial charge >= 0.3 is 5.97 Å². The predicted molar refractivity (Wildman–Crippen MR) is 119 cm³/mol. The normalized spacial score (nSPS) is 13.9. The SMILES string of the molecule is COCc1ccc(CN2CCc3c(C(=O)OC)c(OCc4cccnc4)cc(=O)n3CC2)o1. The van der Waals surface area contributed by atoms with Crippen LogP contribution >= 0.6 is 0 Å². The van der Waals surface area contributed by atoms with Crippen LogP contribution in [0.4, 0.5) is 0 Å². The van der Waals surface area contributed by atoms with Crippen LogP contribution in [0.3, 0.4) is 0 Å². The standard InChI is InChI=1S/C24H27N3O6/c1-30-16-19-6-5-18(33-19)14-26-9-7-20-23(24(29)31-2)21(12-22(28)27(20)11-10-26)32-15-17-4-3-8-25-13-17/h3-6,8,12-13H,7,9-11,14-16H2,1-2H3. The van der Waals surface area contributed by atoms with Crippen molar-refractivity contribution in [3.05, 3.63) is 81.4 Å². The van der Waals surface area contributed by atoms with Gasteiger partial charge in [0.05, 0.1) is 13.7 Å². The average Bonchev–Trinajstić information content (AvgIpc) is 3.16. The number of carbonyl (C=O) groups excluding carboxylic acids is 1. The number of fused-ring (bicyclic) bond motifs is 1. The van der Waals surface area contributed by atoms with Gasteiger partial charge in [-0.1, -0.05) is 6.07 Å². The van der Waals surface area contributed by atoms with Crippen molar-refractivity contribution in [2.24, 2.45) is 0 Å². The number of carbonyl (C=O) groups is 1. The molecule has 4 rings (SSSR count). The zero-order chi connectivity index (χ0) is 23.2. The molecule has 33 heavy (non-hydrogen) atoms. The van der Waals surface area contributed by atoms with Gasteiger partial charge in [-0.15, -0.1) is 0 Å². The summed E-state index contributed by atoms with van der Waals surface area (Å²) < 4.78 is 23.5. The lowest BCUT2D eigenvalue weighted by molar-refractivity contribution is 0.0592. The summed E-state index contributed by atoms with van der Waals surface area (Å²) in [6.07, 6.45) is 3.85. The summed E-state index contributed by atoms with van der Waals surface area (Å²) in [4.78, 5) is 31.9. The van der Waals surface area contributed by atoms with Crippen molar-refractivity contribution in [1.29, 1.82) is 0 Å². The maximum absolute atomic E-state index is 12.9. The summed E-state index contributed by atoms with van der Waals surface area (Å²) in [6, 6.07) is 8.87.